The molecule has 0 aliphatic heterocycles. The molecule has 1 aliphatic carbocycles. The molecule has 15 heavy (non-hydrogen) atoms. The van der Waals surface area contributed by atoms with Crippen LogP contribution in [0.3, 0.4) is 0 Å². The minimum Gasteiger partial charge on any atom is -0.313 e. The zero-order valence-corrected chi connectivity index (χ0v) is 9.79. The SMILES string of the molecule is CC(C)(CNC1CC1)Cc1ccccc1. The van der Waals surface area contributed by atoms with E-state index < -0.39 is 0 Å². The summed E-state index contributed by atoms with van der Waals surface area (Å²) in [6, 6.07) is 11.6. The Hall–Kier alpha value is -0.820. The van der Waals surface area contributed by atoms with Gasteiger partial charge in [0.05, 0.1) is 0 Å². The first-order valence-electron chi connectivity index (χ1n) is 5.93. The maximum atomic E-state index is 3.62. The Balaban J connectivity index is 1.85. The lowest BCUT2D eigenvalue weighted by Gasteiger charge is -2.25. The van der Waals surface area contributed by atoms with Gasteiger partial charge < -0.3 is 5.32 Å². The molecule has 1 aromatic rings. The van der Waals surface area contributed by atoms with Crippen LogP contribution in [-0.4, -0.2) is 12.6 Å². The Labute approximate surface area is 92.9 Å². The molecule has 0 amide bonds. The van der Waals surface area contributed by atoms with Gasteiger partial charge in [0.25, 0.3) is 0 Å². The van der Waals surface area contributed by atoms with Crippen molar-refractivity contribution < 1.29 is 0 Å². The summed E-state index contributed by atoms with van der Waals surface area (Å²) in [6.07, 6.45) is 3.91. The maximum absolute atomic E-state index is 3.62. The van der Waals surface area contributed by atoms with Gasteiger partial charge in [-0.2, -0.15) is 0 Å². The number of benzene rings is 1. The average Bonchev–Trinajstić information content (AvgIpc) is 2.99. The number of rotatable bonds is 5. The topological polar surface area (TPSA) is 12.0 Å². The molecule has 1 saturated carbocycles. The Bertz CT molecular complexity index is 298. The Morgan fingerprint density at radius 1 is 1.20 bits per heavy atom. The Morgan fingerprint density at radius 3 is 2.47 bits per heavy atom. The quantitative estimate of drug-likeness (QED) is 0.775. The van der Waals surface area contributed by atoms with Crippen LogP contribution < -0.4 is 5.32 Å². The van der Waals surface area contributed by atoms with Gasteiger partial charge in [0.15, 0.2) is 0 Å². The second kappa shape index (κ2) is 4.36. The van der Waals surface area contributed by atoms with Crippen LogP contribution in [-0.2, 0) is 6.42 Å². The largest absolute Gasteiger partial charge is 0.313 e. The van der Waals surface area contributed by atoms with Crippen molar-refractivity contribution in [3.8, 4) is 0 Å². The molecule has 1 aromatic carbocycles. The molecule has 1 heteroatoms. The van der Waals surface area contributed by atoms with E-state index in [1.807, 2.05) is 0 Å². The highest BCUT2D eigenvalue weighted by atomic mass is 15.0. The zero-order valence-electron chi connectivity index (χ0n) is 9.79. The number of hydrogen-bond acceptors (Lipinski definition) is 1. The first-order valence-corrected chi connectivity index (χ1v) is 5.93. The van der Waals surface area contributed by atoms with E-state index in [0.29, 0.717) is 5.41 Å². The highest BCUT2D eigenvalue weighted by molar-refractivity contribution is 5.16. The third-order valence-corrected chi connectivity index (χ3v) is 2.97. The van der Waals surface area contributed by atoms with Gasteiger partial charge in [0.1, 0.15) is 0 Å². The highest BCUT2D eigenvalue weighted by Gasteiger charge is 2.25. The molecule has 1 nitrogen and oxygen atoms in total. The summed E-state index contributed by atoms with van der Waals surface area (Å²) in [7, 11) is 0. The van der Waals surface area contributed by atoms with E-state index in [1.54, 1.807) is 0 Å². The normalized spacial score (nSPS) is 16.7. The van der Waals surface area contributed by atoms with E-state index in [-0.39, 0.29) is 0 Å². The summed E-state index contributed by atoms with van der Waals surface area (Å²) in [5, 5.41) is 3.62. The molecule has 82 valence electrons. The predicted molar refractivity (Wildman–Crippen MR) is 65.0 cm³/mol. The van der Waals surface area contributed by atoms with E-state index >= 15 is 0 Å². The van der Waals surface area contributed by atoms with Crippen LogP contribution in [0.2, 0.25) is 0 Å². The van der Waals surface area contributed by atoms with Crippen molar-refractivity contribution in [1.29, 1.82) is 0 Å². The fourth-order valence-corrected chi connectivity index (χ4v) is 1.92. The average molecular weight is 203 g/mol. The maximum Gasteiger partial charge on any atom is 0.00684 e. The fourth-order valence-electron chi connectivity index (χ4n) is 1.92. The van der Waals surface area contributed by atoms with Crippen molar-refractivity contribution in [3.05, 3.63) is 35.9 Å². The van der Waals surface area contributed by atoms with Crippen LogP contribution in [0.1, 0.15) is 32.3 Å². The summed E-state index contributed by atoms with van der Waals surface area (Å²) in [5.74, 6) is 0. The van der Waals surface area contributed by atoms with Gasteiger partial charge in [-0.1, -0.05) is 44.2 Å². The molecule has 0 radical (unpaired) electrons. The molecule has 0 bridgehead atoms. The van der Waals surface area contributed by atoms with Crippen molar-refractivity contribution in [2.24, 2.45) is 5.41 Å². The number of hydrogen-bond donors (Lipinski definition) is 1. The van der Waals surface area contributed by atoms with Gasteiger partial charge >= 0.3 is 0 Å². The molecule has 0 unspecified atom stereocenters. The van der Waals surface area contributed by atoms with Crippen molar-refractivity contribution >= 4 is 0 Å². The molecule has 0 spiro atoms. The van der Waals surface area contributed by atoms with Crippen molar-refractivity contribution in [1.82, 2.24) is 5.32 Å². The highest BCUT2D eigenvalue weighted by Crippen LogP contribution is 2.24. The van der Waals surface area contributed by atoms with Crippen molar-refractivity contribution in [2.45, 2.75) is 39.2 Å². The second-order valence-electron chi connectivity index (χ2n) is 5.48. The molecule has 1 aliphatic rings. The van der Waals surface area contributed by atoms with Crippen LogP contribution in [0.5, 0.6) is 0 Å². The first-order chi connectivity index (χ1) is 7.16. The third-order valence-electron chi connectivity index (χ3n) is 2.97. The smallest absolute Gasteiger partial charge is 0.00684 e. The zero-order chi connectivity index (χ0) is 10.7. The third kappa shape index (κ3) is 3.67. The predicted octanol–water partition coefficient (Wildman–Crippen LogP) is 3.01. The van der Waals surface area contributed by atoms with Gasteiger partial charge in [-0.05, 0) is 30.2 Å². The van der Waals surface area contributed by atoms with Crippen LogP contribution in [0.25, 0.3) is 0 Å². The molecule has 0 aromatic heterocycles. The molecule has 1 fully saturated rings. The van der Waals surface area contributed by atoms with Gasteiger partial charge in [-0.25, -0.2) is 0 Å². The summed E-state index contributed by atoms with van der Waals surface area (Å²) < 4.78 is 0. The first kappa shape index (κ1) is 10.7. The van der Waals surface area contributed by atoms with Crippen molar-refractivity contribution in [2.75, 3.05) is 6.54 Å². The van der Waals surface area contributed by atoms with E-state index in [2.05, 4.69) is 49.5 Å². The number of nitrogens with one attached hydrogen (secondary N) is 1. The molecule has 2 rings (SSSR count). The monoisotopic (exact) mass is 203 g/mol. The van der Waals surface area contributed by atoms with E-state index in [1.165, 1.54) is 18.4 Å². The fraction of sp³-hybridized carbons (Fsp3) is 0.571. The Kier molecular flexibility index (Phi) is 3.11. The Morgan fingerprint density at radius 2 is 1.87 bits per heavy atom. The molecular weight excluding hydrogens is 182 g/mol. The van der Waals surface area contributed by atoms with Crippen LogP contribution in [0, 0.1) is 5.41 Å². The summed E-state index contributed by atoms with van der Waals surface area (Å²) in [6.45, 7) is 5.82. The lowest BCUT2D eigenvalue weighted by molar-refractivity contribution is 0.337. The molecular formula is C14H21N. The molecule has 0 saturated heterocycles. The summed E-state index contributed by atoms with van der Waals surface area (Å²) >= 11 is 0. The van der Waals surface area contributed by atoms with E-state index in [4.69, 9.17) is 0 Å². The van der Waals surface area contributed by atoms with E-state index in [0.717, 1.165) is 19.0 Å². The van der Waals surface area contributed by atoms with Crippen molar-refractivity contribution in [3.63, 3.8) is 0 Å². The van der Waals surface area contributed by atoms with Crippen LogP contribution in [0.15, 0.2) is 30.3 Å². The van der Waals surface area contributed by atoms with E-state index in [9.17, 15) is 0 Å². The van der Waals surface area contributed by atoms with Gasteiger partial charge in [0, 0.05) is 12.6 Å². The van der Waals surface area contributed by atoms with Crippen LogP contribution >= 0.6 is 0 Å². The minimum absolute atomic E-state index is 0.365. The summed E-state index contributed by atoms with van der Waals surface area (Å²) in [4.78, 5) is 0. The van der Waals surface area contributed by atoms with Gasteiger partial charge in [-0.3, -0.25) is 0 Å². The molecule has 1 N–H and O–H groups in total. The van der Waals surface area contributed by atoms with Crippen LogP contribution in [0.4, 0.5) is 0 Å². The second-order valence-corrected chi connectivity index (χ2v) is 5.48. The summed E-state index contributed by atoms with van der Waals surface area (Å²) in [5.41, 5.74) is 1.81. The molecule has 0 heterocycles. The lowest BCUT2D eigenvalue weighted by Crippen LogP contribution is -2.32. The minimum atomic E-state index is 0.365. The van der Waals surface area contributed by atoms with Gasteiger partial charge in [0.2, 0.25) is 0 Å². The van der Waals surface area contributed by atoms with Gasteiger partial charge in [-0.15, -0.1) is 0 Å². The lowest BCUT2D eigenvalue weighted by atomic mass is 9.85. The standard InChI is InChI=1S/C14H21N/c1-14(2,11-15-13-8-9-13)10-12-6-4-3-5-7-12/h3-7,13,15H,8-11H2,1-2H3. The molecule has 0 atom stereocenters.